The minimum Gasteiger partial charge on any atom is -0.340 e. The van der Waals surface area contributed by atoms with Crippen molar-refractivity contribution in [3.8, 4) is 6.07 Å². The molecule has 0 aliphatic carbocycles. The molecule has 0 aliphatic rings. The minimum atomic E-state index is -4.75. The van der Waals surface area contributed by atoms with Crippen molar-refractivity contribution in [3.05, 3.63) is 34.9 Å². The highest BCUT2D eigenvalue weighted by molar-refractivity contribution is 5.95. The van der Waals surface area contributed by atoms with Gasteiger partial charge in [0.1, 0.15) is 23.2 Å². The minimum absolute atomic E-state index is 0.114. The Bertz CT molecular complexity index is 583. The molecule has 0 saturated heterocycles. The molecule has 120 valence electrons. The van der Waals surface area contributed by atoms with E-state index in [-0.39, 0.29) is 12.0 Å². The van der Waals surface area contributed by atoms with Crippen molar-refractivity contribution in [1.82, 2.24) is 5.32 Å². The smallest absolute Gasteiger partial charge is 0.340 e. The predicted octanol–water partition coefficient (Wildman–Crippen LogP) is 3.54. The number of nitriles is 1. The fourth-order valence-corrected chi connectivity index (χ4v) is 1.85. The molecule has 0 heterocycles. The fraction of sp³-hybridized carbons (Fsp3) is 0.429. The highest BCUT2D eigenvalue weighted by Gasteiger charge is 2.44. The van der Waals surface area contributed by atoms with Crippen LogP contribution < -0.4 is 5.32 Å². The van der Waals surface area contributed by atoms with Gasteiger partial charge in [-0.1, -0.05) is 20.3 Å². The molecule has 22 heavy (non-hydrogen) atoms. The molecule has 3 nitrogen and oxygen atoms in total. The second kappa shape index (κ2) is 6.73. The van der Waals surface area contributed by atoms with Crippen molar-refractivity contribution < 1.29 is 26.7 Å². The van der Waals surface area contributed by atoms with E-state index >= 15 is 0 Å². The van der Waals surface area contributed by atoms with Crippen molar-refractivity contribution in [2.75, 3.05) is 0 Å². The van der Waals surface area contributed by atoms with Crippen LogP contribution in [0.2, 0.25) is 0 Å². The SMILES string of the molecule is CCC(C)C(NC(=O)c1c(F)cc(C#N)cc1F)C(F)(F)F. The van der Waals surface area contributed by atoms with Gasteiger partial charge in [0.2, 0.25) is 0 Å². The molecule has 0 spiro atoms. The number of hydrogen-bond acceptors (Lipinski definition) is 2. The Morgan fingerprint density at radius 3 is 2.18 bits per heavy atom. The van der Waals surface area contributed by atoms with Crippen molar-refractivity contribution in [2.24, 2.45) is 5.92 Å². The molecule has 1 N–H and O–H groups in total. The molecule has 0 saturated carbocycles. The quantitative estimate of drug-likeness (QED) is 0.863. The number of carbonyl (C=O) groups is 1. The molecule has 0 fully saturated rings. The zero-order chi connectivity index (χ0) is 17.1. The van der Waals surface area contributed by atoms with Crippen molar-refractivity contribution in [2.45, 2.75) is 32.5 Å². The maximum absolute atomic E-state index is 13.6. The fourth-order valence-electron chi connectivity index (χ4n) is 1.85. The van der Waals surface area contributed by atoms with Crippen LogP contribution in [-0.2, 0) is 0 Å². The lowest BCUT2D eigenvalue weighted by atomic mass is 9.98. The van der Waals surface area contributed by atoms with Gasteiger partial charge in [-0.05, 0) is 18.1 Å². The number of nitrogens with one attached hydrogen (secondary N) is 1. The van der Waals surface area contributed by atoms with Crippen LogP contribution in [0, 0.1) is 28.9 Å². The Morgan fingerprint density at radius 1 is 1.32 bits per heavy atom. The van der Waals surface area contributed by atoms with E-state index in [4.69, 9.17) is 5.26 Å². The van der Waals surface area contributed by atoms with Gasteiger partial charge < -0.3 is 5.32 Å². The predicted molar refractivity (Wildman–Crippen MR) is 67.8 cm³/mol. The normalized spacial score (nSPS) is 14.1. The molecule has 2 atom stereocenters. The summed E-state index contributed by atoms with van der Waals surface area (Å²) in [5.74, 6) is -5.26. The van der Waals surface area contributed by atoms with Gasteiger partial charge in [0, 0.05) is 0 Å². The van der Waals surface area contributed by atoms with Gasteiger partial charge in [-0.3, -0.25) is 4.79 Å². The van der Waals surface area contributed by atoms with E-state index in [1.165, 1.54) is 19.9 Å². The summed E-state index contributed by atoms with van der Waals surface area (Å²) >= 11 is 0. The molecule has 0 aliphatic heterocycles. The van der Waals surface area contributed by atoms with Crippen LogP contribution in [0.5, 0.6) is 0 Å². The third-order valence-electron chi connectivity index (χ3n) is 3.25. The van der Waals surface area contributed by atoms with Crippen LogP contribution in [0.15, 0.2) is 12.1 Å². The van der Waals surface area contributed by atoms with Crippen LogP contribution in [0.3, 0.4) is 0 Å². The van der Waals surface area contributed by atoms with Gasteiger partial charge in [-0.2, -0.15) is 18.4 Å². The lowest BCUT2D eigenvalue weighted by Crippen LogP contribution is -2.49. The third-order valence-corrected chi connectivity index (χ3v) is 3.25. The molecule has 0 bridgehead atoms. The van der Waals surface area contributed by atoms with Crippen LogP contribution >= 0.6 is 0 Å². The largest absolute Gasteiger partial charge is 0.408 e. The number of benzene rings is 1. The molecule has 0 radical (unpaired) electrons. The van der Waals surface area contributed by atoms with Crippen LogP contribution in [0.25, 0.3) is 0 Å². The topological polar surface area (TPSA) is 52.9 Å². The molecular weight excluding hydrogens is 307 g/mol. The molecule has 1 rings (SSSR count). The Morgan fingerprint density at radius 2 is 1.82 bits per heavy atom. The molecule has 2 unspecified atom stereocenters. The molecule has 1 aromatic rings. The highest BCUT2D eigenvalue weighted by Crippen LogP contribution is 2.28. The number of nitrogens with zero attached hydrogens (tertiary/aromatic N) is 1. The molecule has 1 aromatic carbocycles. The van der Waals surface area contributed by atoms with E-state index in [9.17, 15) is 26.7 Å². The first-order valence-corrected chi connectivity index (χ1v) is 6.38. The lowest BCUT2D eigenvalue weighted by molar-refractivity contribution is -0.164. The van der Waals surface area contributed by atoms with Crippen molar-refractivity contribution >= 4 is 5.91 Å². The van der Waals surface area contributed by atoms with Gasteiger partial charge in [-0.15, -0.1) is 0 Å². The maximum atomic E-state index is 13.6. The number of amides is 1. The average Bonchev–Trinajstić information content (AvgIpc) is 2.41. The molecular formula is C14H13F5N2O. The first kappa shape index (κ1) is 17.9. The van der Waals surface area contributed by atoms with Crippen molar-refractivity contribution in [3.63, 3.8) is 0 Å². The van der Waals surface area contributed by atoms with E-state index < -0.39 is 41.2 Å². The molecule has 1 amide bonds. The summed E-state index contributed by atoms with van der Waals surface area (Å²) in [6.07, 6.45) is -4.63. The van der Waals surface area contributed by atoms with Gasteiger partial charge in [0.25, 0.3) is 5.91 Å². The zero-order valence-corrected chi connectivity index (χ0v) is 11.8. The first-order valence-electron chi connectivity index (χ1n) is 6.38. The Kier molecular flexibility index (Phi) is 5.47. The number of rotatable bonds is 4. The van der Waals surface area contributed by atoms with Gasteiger partial charge >= 0.3 is 6.18 Å². The summed E-state index contributed by atoms with van der Waals surface area (Å²) in [6, 6.07) is 0.427. The molecule has 0 aromatic heterocycles. The van der Waals surface area contributed by atoms with Crippen LogP contribution in [0.1, 0.15) is 36.2 Å². The number of alkyl halides is 3. The van der Waals surface area contributed by atoms with E-state index in [0.717, 1.165) is 0 Å². The monoisotopic (exact) mass is 320 g/mol. The summed E-state index contributed by atoms with van der Waals surface area (Å²) in [5.41, 5.74) is -1.52. The zero-order valence-electron chi connectivity index (χ0n) is 11.8. The second-order valence-corrected chi connectivity index (χ2v) is 4.80. The number of halogens is 5. The third kappa shape index (κ3) is 3.93. The average molecular weight is 320 g/mol. The second-order valence-electron chi connectivity index (χ2n) is 4.80. The van der Waals surface area contributed by atoms with Gasteiger partial charge in [0.05, 0.1) is 11.6 Å². The van der Waals surface area contributed by atoms with Gasteiger partial charge in [-0.25, -0.2) is 8.78 Å². The highest BCUT2D eigenvalue weighted by atomic mass is 19.4. The van der Waals surface area contributed by atoms with E-state index in [0.29, 0.717) is 12.1 Å². The Labute approximate surface area is 123 Å². The van der Waals surface area contributed by atoms with E-state index in [2.05, 4.69) is 0 Å². The summed E-state index contributed by atoms with van der Waals surface area (Å²) in [5, 5.41) is 10.2. The van der Waals surface area contributed by atoms with Crippen LogP contribution in [-0.4, -0.2) is 18.1 Å². The van der Waals surface area contributed by atoms with Crippen LogP contribution in [0.4, 0.5) is 22.0 Å². The summed E-state index contributed by atoms with van der Waals surface area (Å²) in [7, 11) is 0. The van der Waals surface area contributed by atoms with E-state index in [1.807, 2.05) is 0 Å². The number of carbonyl (C=O) groups excluding carboxylic acids is 1. The van der Waals surface area contributed by atoms with Crippen molar-refractivity contribution in [1.29, 1.82) is 5.26 Å². The maximum Gasteiger partial charge on any atom is 0.408 e. The Balaban J connectivity index is 3.14. The summed E-state index contributed by atoms with van der Waals surface area (Å²) in [6.45, 7) is 2.77. The van der Waals surface area contributed by atoms with Gasteiger partial charge in [0.15, 0.2) is 0 Å². The first-order chi connectivity index (χ1) is 10.1. The number of hydrogen-bond donors (Lipinski definition) is 1. The lowest BCUT2D eigenvalue weighted by Gasteiger charge is -2.26. The standard InChI is InChI=1S/C14H13F5N2O/c1-3-7(2)12(14(17,18)19)21-13(22)11-9(15)4-8(6-20)5-10(11)16/h4-5,7,12H,3H2,1-2H3,(H,21,22). The van der Waals surface area contributed by atoms with E-state index in [1.54, 1.807) is 5.32 Å². The molecule has 8 heteroatoms. The summed E-state index contributed by atoms with van der Waals surface area (Å²) in [4.78, 5) is 11.8. The Hall–Kier alpha value is -2.17. The summed E-state index contributed by atoms with van der Waals surface area (Å²) < 4.78 is 66.0.